The molecule has 1 unspecified atom stereocenters. The zero-order chi connectivity index (χ0) is 23.0. The van der Waals surface area contributed by atoms with Crippen molar-refractivity contribution < 1.29 is 13.2 Å². The number of likely N-dealkylation sites (N-methyl/N-ethyl adjacent to an activating group) is 1. The second kappa shape index (κ2) is 9.18. The van der Waals surface area contributed by atoms with Crippen LogP contribution in [0.4, 0.5) is 5.13 Å². The Bertz CT molecular complexity index is 1220. The number of aromatic nitrogens is 1. The normalized spacial score (nSPS) is 17.5. The van der Waals surface area contributed by atoms with Crippen molar-refractivity contribution in [3.05, 3.63) is 40.8 Å². The molecule has 7 nitrogen and oxygen atoms in total. The van der Waals surface area contributed by atoms with Gasteiger partial charge in [-0.3, -0.25) is 9.69 Å². The van der Waals surface area contributed by atoms with Crippen molar-refractivity contribution in [2.45, 2.75) is 36.9 Å². The molecule has 1 fully saturated rings. The fraction of sp³-hybridized carbons (Fsp3) is 0.455. The molecule has 1 aliphatic rings. The van der Waals surface area contributed by atoms with E-state index in [1.165, 1.54) is 27.0 Å². The van der Waals surface area contributed by atoms with Crippen molar-refractivity contribution in [2.24, 2.45) is 0 Å². The van der Waals surface area contributed by atoms with Gasteiger partial charge in [0.1, 0.15) is 10.3 Å². The number of carbonyl (C=O) groups excluding carboxylic acids is 1. The summed E-state index contributed by atoms with van der Waals surface area (Å²) in [5.41, 5.74) is 3.17. The summed E-state index contributed by atoms with van der Waals surface area (Å²) in [4.78, 5) is 22.3. The van der Waals surface area contributed by atoms with Crippen LogP contribution in [0.2, 0.25) is 0 Å². The molecule has 0 saturated carbocycles. The highest BCUT2D eigenvalue weighted by Gasteiger charge is 2.42. The van der Waals surface area contributed by atoms with Gasteiger partial charge in [0.2, 0.25) is 5.91 Å². The van der Waals surface area contributed by atoms with Gasteiger partial charge in [-0.1, -0.05) is 23.5 Å². The molecule has 2 aromatic heterocycles. The van der Waals surface area contributed by atoms with E-state index in [9.17, 15) is 13.2 Å². The SMILES string of the molecule is Cc1ccc2sc(N(CCN(C)C)C(=O)C3CCCN3S(=O)(=O)c3cccs3)nc2c1C. The van der Waals surface area contributed by atoms with Crippen molar-refractivity contribution in [1.29, 1.82) is 0 Å². The maximum absolute atomic E-state index is 13.8. The monoisotopic (exact) mass is 492 g/mol. The van der Waals surface area contributed by atoms with Crippen molar-refractivity contribution in [3.63, 3.8) is 0 Å². The van der Waals surface area contributed by atoms with Crippen molar-refractivity contribution in [3.8, 4) is 0 Å². The van der Waals surface area contributed by atoms with Crippen LogP contribution >= 0.6 is 22.7 Å². The molecule has 0 aliphatic carbocycles. The number of sulfonamides is 1. The lowest BCUT2D eigenvalue weighted by Crippen LogP contribution is -2.49. The van der Waals surface area contributed by atoms with Crippen molar-refractivity contribution >= 4 is 54.0 Å². The van der Waals surface area contributed by atoms with Gasteiger partial charge in [-0.2, -0.15) is 4.31 Å². The Kier molecular flexibility index (Phi) is 6.69. The van der Waals surface area contributed by atoms with E-state index in [-0.39, 0.29) is 10.1 Å². The molecule has 1 aliphatic heterocycles. The van der Waals surface area contributed by atoms with E-state index < -0.39 is 16.1 Å². The Hall–Kier alpha value is -1.85. The topological polar surface area (TPSA) is 73.8 Å². The Morgan fingerprint density at radius 1 is 1.22 bits per heavy atom. The number of fused-ring (bicyclic) bond motifs is 1. The lowest BCUT2D eigenvalue weighted by Gasteiger charge is -2.29. The van der Waals surface area contributed by atoms with Gasteiger partial charge in [-0.15, -0.1) is 11.3 Å². The summed E-state index contributed by atoms with van der Waals surface area (Å²) in [5.74, 6) is -0.196. The average molecular weight is 493 g/mol. The highest BCUT2D eigenvalue weighted by atomic mass is 32.2. The van der Waals surface area contributed by atoms with Crippen LogP contribution in [0.5, 0.6) is 0 Å². The van der Waals surface area contributed by atoms with Crippen LogP contribution in [0.3, 0.4) is 0 Å². The van der Waals surface area contributed by atoms with Crippen LogP contribution in [0.25, 0.3) is 10.2 Å². The highest BCUT2D eigenvalue weighted by molar-refractivity contribution is 7.91. The molecule has 10 heteroatoms. The number of amides is 1. The summed E-state index contributed by atoms with van der Waals surface area (Å²) < 4.78 is 29.1. The third kappa shape index (κ3) is 4.34. The Morgan fingerprint density at radius 3 is 2.69 bits per heavy atom. The van der Waals surface area contributed by atoms with Gasteiger partial charge in [-0.25, -0.2) is 13.4 Å². The summed E-state index contributed by atoms with van der Waals surface area (Å²) in [6, 6.07) is 6.72. The van der Waals surface area contributed by atoms with E-state index in [1.807, 2.05) is 32.0 Å². The second-order valence-electron chi connectivity index (χ2n) is 8.35. The van der Waals surface area contributed by atoms with Gasteiger partial charge in [-0.05, 0) is 69.4 Å². The third-order valence-electron chi connectivity index (χ3n) is 5.89. The Morgan fingerprint density at radius 2 is 2.00 bits per heavy atom. The summed E-state index contributed by atoms with van der Waals surface area (Å²) in [5, 5.41) is 2.37. The summed E-state index contributed by atoms with van der Waals surface area (Å²) in [6.07, 6.45) is 1.19. The number of thiazole rings is 1. The molecule has 0 radical (unpaired) electrons. The predicted molar refractivity (Wildman–Crippen MR) is 131 cm³/mol. The highest BCUT2D eigenvalue weighted by Crippen LogP contribution is 2.34. The molecule has 1 amide bonds. The number of hydrogen-bond acceptors (Lipinski definition) is 7. The minimum atomic E-state index is -3.70. The van der Waals surface area contributed by atoms with E-state index in [2.05, 4.69) is 13.0 Å². The second-order valence-corrected chi connectivity index (χ2v) is 12.4. The molecule has 1 aromatic carbocycles. The quantitative estimate of drug-likeness (QED) is 0.503. The van der Waals surface area contributed by atoms with Gasteiger partial charge < -0.3 is 4.90 Å². The van der Waals surface area contributed by atoms with E-state index >= 15 is 0 Å². The molecular formula is C22H28N4O3S3. The lowest BCUT2D eigenvalue weighted by atomic mass is 10.1. The number of rotatable bonds is 7. The largest absolute Gasteiger partial charge is 0.308 e. The molecule has 1 atom stereocenters. The van der Waals surface area contributed by atoms with E-state index in [1.54, 1.807) is 22.4 Å². The van der Waals surface area contributed by atoms with Crippen LogP contribution in [-0.4, -0.2) is 68.3 Å². The zero-order valence-electron chi connectivity index (χ0n) is 18.7. The first kappa shape index (κ1) is 23.3. The van der Waals surface area contributed by atoms with Crippen LogP contribution in [-0.2, 0) is 14.8 Å². The van der Waals surface area contributed by atoms with E-state index in [0.29, 0.717) is 37.6 Å². The molecule has 0 bridgehead atoms. The van der Waals surface area contributed by atoms with E-state index in [0.717, 1.165) is 21.3 Å². The minimum absolute atomic E-state index is 0.196. The molecule has 3 heterocycles. The fourth-order valence-corrected chi connectivity index (χ4v) is 7.74. The van der Waals surface area contributed by atoms with Crippen molar-refractivity contribution in [2.75, 3.05) is 38.6 Å². The standard InChI is InChI=1S/C22H28N4O3S3/c1-15-9-10-18-20(16(15)2)23-22(31-18)25(13-12-24(3)4)21(27)17-7-5-11-26(17)32(28,29)19-8-6-14-30-19/h6,8-10,14,17H,5,7,11-13H2,1-4H3. The molecule has 0 N–H and O–H groups in total. The Labute approximate surface area is 197 Å². The number of thiophene rings is 1. The minimum Gasteiger partial charge on any atom is -0.308 e. The van der Waals surface area contributed by atoms with Crippen molar-refractivity contribution in [1.82, 2.24) is 14.2 Å². The number of nitrogens with zero attached hydrogens (tertiary/aromatic N) is 4. The van der Waals surface area contributed by atoms with E-state index in [4.69, 9.17) is 4.98 Å². The number of benzene rings is 1. The number of aryl methyl sites for hydroxylation is 2. The first-order chi connectivity index (χ1) is 15.2. The van der Waals surface area contributed by atoms with Gasteiger partial charge in [0.05, 0.1) is 10.2 Å². The molecule has 4 rings (SSSR count). The Balaban J connectivity index is 1.70. The summed E-state index contributed by atoms with van der Waals surface area (Å²) in [7, 11) is 0.215. The maximum Gasteiger partial charge on any atom is 0.253 e. The average Bonchev–Trinajstić information content (AvgIpc) is 3.51. The first-order valence-corrected chi connectivity index (χ1v) is 13.7. The van der Waals surface area contributed by atoms with Crippen LogP contribution < -0.4 is 4.90 Å². The fourth-order valence-electron chi connectivity index (χ4n) is 3.91. The van der Waals surface area contributed by atoms with Gasteiger partial charge in [0.15, 0.2) is 5.13 Å². The maximum atomic E-state index is 13.8. The number of carbonyl (C=O) groups is 1. The summed E-state index contributed by atoms with van der Waals surface area (Å²) >= 11 is 2.67. The smallest absolute Gasteiger partial charge is 0.253 e. The molecule has 32 heavy (non-hydrogen) atoms. The van der Waals surface area contributed by atoms with Crippen LogP contribution in [0.1, 0.15) is 24.0 Å². The van der Waals surface area contributed by atoms with Crippen LogP contribution in [0.15, 0.2) is 33.9 Å². The van der Waals surface area contributed by atoms with Crippen LogP contribution in [0, 0.1) is 13.8 Å². The molecule has 0 spiro atoms. The zero-order valence-corrected chi connectivity index (χ0v) is 21.2. The van der Waals surface area contributed by atoms with Gasteiger partial charge in [0, 0.05) is 19.6 Å². The molecule has 1 saturated heterocycles. The van der Waals surface area contributed by atoms with Gasteiger partial charge >= 0.3 is 0 Å². The first-order valence-electron chi connectivity index (χ1n) is 10.6. The number of hydrogen-bond donors (Lipinski definition) is 0. The van der Waals surface area contributed by atoms with Gasteiger partial charge in [0.25, 0.3) is 10.0 Å². The predicted octanol–water partition coefficient (Wildman–Crippen LogP) is 3.72. The lowest BCUT2D eigenvalue weighted by molar-refractivity contribution is -0.121. The molecule has 172 valence electrons. The summed E-state index contributed by atoms with van der Waals surface area (Å²) in [6.45, 7) is 5.56. The number of anilines is 1. The molecule has 3 aromatic rings. The molecular weight excluding hydrogens is 464 g/mol. The third-order valence-corrected chi connectivity index (χ3v) is 10.2.